The molecule has 92 valence electrons. The third-order valence-electron chi connectivity index (χ3n) is 1.89. The maximum absolute atomic E-state index is 12.3. The number of methoxy groups -OCH3 is 1. The van der Waals surface area contributed by atoms with Crippen molar-refractivity contribution in [2.75, 3.05) is 14.2 Å². The van der Waals surface area contributed by atoms with Crippen molar-refractivity contribution in [1.82, 2.24) is 0 Å². The van der Waals surface area contributed by atoms with E-state index in [4.69, 9.17) is 4.74 Å². The maximum Gasteiger partial charge on any atom is 0.411 e. The second-order valence-electron chi connectivity index (χ2n) is 3.10. The molecule has 0 atom stereocenters. The quantitative estimate of drug-likeness (QED) is 0.747. The predicted molar refractivity (Wildman–Crippen MR) is 57.8 cm³/mol. The lowest BCUT2D eigenvalue weighted by atomic mass is 10.1. The lowest BCUT2D eigenvalue weighted by Crippen LogP contribution is -2.02. The van der Waals surface area contributed by atoms with Gasteiger partial charge in [-0.05, 0) is 24.3 Å². The number of ether oxygens (including phenoxy) is 1. The third-order valence-corrected chi connectivity index (χ3v) is 1.89. The minimum atomic E-state index is -4.43. The average molecular weight is 244 g/mol. The lowest BCUT2D eigenvalue weighted by Gasteiger charge is -2.05. The van der Waals surface area contributed by atoms with Gasteiger partial charge in [-0.3, -0.25) is 0 Å². The molecule has 0 aliphatic heterocycles. The van der Waals surface area contributed by atoms with E-state index < -0.39 is 6.18 Å². The Hall–Kier alpha value is -1.85. The molecule has 0 N–H and O–H groups in total. The highest BCUT2D eigenvalue weighted by Gasteiger charge is 2.25. The summed E-state index contributed by atoms with van der Waals surface area (Å²) in [5, 5.41) is 6.83. The highest BCUT2D eigenvalue weighted by atomic mass is 19.4. The zero-order chi connectivity index (χ0) is 12.9. The van der Waals surface area contributed by atoms with Crippen molar-refractivity contribution in [3.63, 3.8) is 0 Å². The second-order valence-corrected chi connectivity index (χ2v) is 3.10. The summed E-state index contributed by atoms with van der Waals surface area (Å²) in [6.07, 6.45) is -4.31. The fourth-order valence-electron chi connectivity index (χ4n) is 1.19. The Balaban J connectivity index is 3.10. The Kier molecular flexibility index (Phi) is 4.25. The van der Waals surface area contributed by atoms with Crippen LogP contribution in [0.15, 0.2) is 40.6 Å². The van der Waals surface area contributed by atoms with Gasteiger partial charge >= 0.3 is 6.18 Å². The number of allylic oxidation sites excluding steroid dienone is 1. The first-order valence-electron chi connectivity index (χ1n) is 4.70. The molecule has 1 aromatic rings. The van der Waals surface area contributed by atoms with Gasteiger partial charge in [0, 0.05) is 18.7 Å². The molecule has 0 aromatic heterocycles. The van der Waals surface area contributed by atoms with Gasteiger partial charge in [0.05, 0.1) is 12.8 Å². The Labute approximate surface area is 96.6 Å². The fourth-order valence-corrected chi connectivity index (χ4v) is 1.19. The van der Waals surface area contributed by atoms with Crippen molar-refractivity contribution >= 4 is 5.70 Å². The fraction of sp³-hybridized carbons (Fsp3) is 0.273. The molecule has 0 radical (unpaired) electrons. The summed E-state index contributed by atoms with van der Waals surface area (Å²) in [7, 11) is 2.79. The number of nitrogens with zero attached hydrogens (tertiary/aromatic N) is 2. The minimum Gasteiger partial charge on any atom is -0.497 e. The maximum atomic E-state index is 12.3. The van der Waals surface area contributed by atoms with Crippen molar-refractivity contribution in [3.05, 3.63) is 35.9 Å². The van der Waals surface area contributed by atoms with Crippen LogP contribution >= 0.6 is 0 Å². The Morgan fingerprint density at radius 3 is 2.24 bits per heavy atom. The van der Waals surface area contributed by atoms with Gasteiger partial charge in [-0.2, -0.15) is 23.4 Å². The van der Waals surface area contributed by atoms with Gasteiger partial charge in [-0.15, -0.1) is 0 Å². The van der Waals surface area contributed by atoms with E-state index in [9.17, 15) is 13.2 Å². The number of halogens is 3. The monoisotopic (exact) mass is 244 g/mol. The molecule has 0 fully saturated rings. The van der Waals surface area contributed by atoms with Crippen molar-refractivity contribution in [3.8, 4) is 5.75 Å². The van der Waals surface area contributed by atoms with E-state index in [2.05, 4.69) is 10.2 Å². The molecule has 0 spiro atoms. The summed E-state index contributed by atoms with van der Waals surface area (Å²) in [4.78, 5) is 0. The van der Waals surface area contributed by atoms with Crippen molar-refractivity contribution in [2.45, 2.75) is 6.18 Å². The molecule has 0 aliphatic rings. The summed E-state index contributed by atoms with van der Waals surface area (Å²) in [5.41, 5.74) is 0.0939. The van der Waals surface area contributed by atoms with Crippen LogP contribution in [0.25, 0.3) is 5.70 Å². The number of rotatable bonds is 3. The molecule has 17 heavy (non-hydrogen) atoms. The molecule has 0 unspecified atom stereocenters. The number of hydrogen-bond acceptors (Lipinski definition) is 3. The van der Waals surface area contributed by atoms with E-state index in [-0.39, 0.29) is 11.8 Å². The summed E-state index contributed by atoms with van der Waals surface area (Å²) in [6.45, 7) is 0. The standard InChI is InChI=1S/C11H11F3N2O/c1-15-16-10(7-11(12,13)14)8-3-5-9(17-2)6-4-8/h3-7H,1-2H3/b10-7-,16-15?. The van der Waals surface area contributed by atoms with Crippen LogP contribution in [0.5, 0.6) is 5.75 Å². The van der Waals surface area contributed by atoms with E-state index in [1.54, 1.807) is 12.1 Å². The van der Waals surface area contributed by atoms with E-state index >= 15 is 0 Å². The average Bonchev–Trinajstić information content (AvgIpc) is 2.27. The smallest absolute Gasteiger partial charge is 0.411 e. The van der Waals surface area contributed by atoms with Crippen molar-refractivity contribution in [1.29, 1.82) is 0 Å². The molecule has 0 amide bonds. The number of azo groups is 1. The Bertz CT molecular complexity index is 421. The first kappa shape index (κ1) is 13.2. The number of alkyl halides is 3. The van der Waals surface area contributed by atoms with E-state index in [0.29, 0.717) is 11.3 Å². The van der Waals surface area contributed by atoms with Crippen LogP contribution in [0.2, 0.25) is 0 Å². The summed E-state index contributed by atoms with van der Waals surface area (Å²) < 4.78 is 41.7. The summed E-state index contributed by atoms with van der Waals surface area (Å²) in [6, 6.07) is 6.10. The zero-order valence-corrected chi connectivity index (χ0v) is 9.32. The number of hydrogen-bond donors (Lipinski definition) is 0. The van der Waals surface area contributed by atoms with Crippen LogP contribution in [0, 0.1) is 0 Å². The Morgan fingerprint density at radius 1 is 1.24 bits per heavy atom. The van der Waals surface area contributed by atoms with Gasteiger partial charge in [0.25, 0.3) is 0 Å². The van der Waals surface area contributed by atoms with Crippen LogP contribution in [0.4, 0.5) is 13.2 Å². The molecular formula is C11H11F3N2O. The lowest BCUT2D eigenvalue weighted by molar-refractivity contribution is -0.0794. The predicted octanol–water partition coefficient (Wildman–Crippen LogP) is 3.68. The molecule has 0 heterocycles. The molecule has 1 rings (SSSR count). The number of benzene rings is 1. The highest BCUT2D eigenvalue weighted by molar-refractivity contribution is 5.65. The molecule has 0 saturated heterocycles. The largest absolute Gasteiger partial charge is 0.497 e. The van der Waals surface area contributed by atoms with Crippen molar-refractivity contribution in [2.24, 2.45) is 10.2 Å². The second kappa shape index (κ2) is 5.47. The summed E-state index contributed by atoms with van der Waals surface area (Å²) >= 11 is 0. The molecule has 0 bridgehead atoms. The topological polar surface area (TPSA) is 34.0 Å². The van der Waals surface area contributed by atoms with Crippen LogP contribution < -0.4 is 4.74 Å². The van der Waals surface area contributed by atoms with E-state index in [0.717, 1.165) is 0 Å². The molecule has 3 nitrogen and oxygen atoms in total. The van der Waals surface area contributed by atoms with Crippen molar-refractivity contribution < 1.29 is 17.9 Å². The molecular weight excluding hydrogens is 233 g/mol. The SMILES string of the molecule is CN=N/C(=C\C(F)(F)F)c1ccc(OC)cc1. The first-order valence-corrected chi connectivity index (χ1v) is 4.70. The van der Waals surface area contributed by atoms with Crippen LogP contribution in [-0.2, 0) is 0 Å². The molecule has 0 aliphatic carbocycles. The molecule has 1 aromatic carbocycles. The van der Waals surface area contributed by atoms with Gasteiger partial charge in [-0.25, -0.2) is 0 Å². The molecule has 6 heteroatoms. The van der Waals surface area contributed by atoms with Gasteiger partial charge < -0.3 is 4.74 Å². The van der Waals surface area contributed by atoms with Gasteiger partial charge in [-0.1, -0.05) is 0 Å². The van der Waals surface area contributed by atoms with Gasteiger partial charge in [0.1, 0.15) is 5.75 Å². The normalized spacial score (nSPS) is 13.1. The van der Waals surface area contributed by atoms with Crippen LogP contribution in [0.1, 0.15) is 5.56 Å². The van der Waals surface area contributed by atoms with E-state index in [1.807, 2.05) is 0 Å². The highest BCUT2D eigenvalue weighted by Crippen LogP contribution is 2.26. The van der Waals surface area contributed by atoms with Gasteiger partial charge in [0.15, 0.2) is 0 Å². The molecule has 0 saturated carbocycles. The third kappa shape index (κ3) is 4.26. The zero-order valence-electron chi connectivity index (χ0n) is 9.32. The van der Waals surface area contributed by atoms with Crippen LogP contribution in [-0.4, -0.2) is 20.3 Å². The van der Waals surface area contributed by atoms with Crippen LogP contribution in [0.3, 0.4) is 0 Å². The minimum absolute atomic E-state index is 0.113. The Morgan fingerprint density at radius 2 is 1.82 bits per heavy atom. The van der Waals surface area contributed by atoms with E-state index in [1.165, 1.54) is 26.3 Å². The summed E-state index contributed by atoms with van der Waals surface area (Å²) in [5.74, 6) is 0.563. The van der Waals surface area contributed by atoms with Gasteiger partial charge in [0.2, 0.25) is 0 Å². The first-order chi connectivity index (χ1) is 7.96.